The average Bonchev–Trinajstić information content (AvgIpc) is 2.29. The minimum atomic E-state index is 0.563. The summed E-state index contributed by atoms with van der Waals surface area (Å²) in [6.45, 7) is 6.25. The van der Waals surface area contributed by atoms with Crippen molar-refractivity contribution in [2.75, 3.05) is 25.6 Å². The highest BCUT2D eigenvalue weighted by Gasteiger charge is 1.99. The van der Waals surface area contributed by atoms with Crippen LogP contribution in [0.5, 0.6) is 5.75 Å². The van der Waals surface area contributed by atoms with Gasteiger partial charge in [0.1, 0.15) is 12.4 Å². The summed E-state index contributed by atoms with van der Waals surface area (Å²) in [5, 5.41) is 0. The predicted molar refractivity (Wildman–Crippen MR) is 70.7 cm³/mol. The Bertz CT molecular complexity index is 282. The van der Waals surface area contributed by atoms with Gasteiger partial charge in [-0.15, -0.1) is 0 Å². The summed E-state index contributed by atoms with van der Waals surface area (Å²) >= 11 is 4.06. The second-order valence-corrected chi connectivity index (χ2v) is 4.36. The van der Waals surface area contributed by atoms with E-state index >= 15 is 0 Å². The molecule has 0 bridgehead atoms. The van der Waals surface area contributed by atoms with Crippen molar-refractivity contribution in [3.63, 3.8) is 0 Å². The molecule has 0 aliphatic carbocycles. The summed E-state index contributed by atoms with van der Waals surface area (Å²) in [5.41, 5.74) is 1.33. The van der Waals surface area contributed by atoms with E-state index in [-0.39, 0.29) is 0 Å². The second-order valence-electron chi connectivity index (χ2n) is 3.91. The summed E-state index contributed by atoms with van der Waals surface area (Å²) in [6, 6.07) is 8.23. The van der Waals surface area contributed by atoms with Crippen LogP contribution < -0.4 is 4.74 Å². The average molecular weight is 240 g/mol. The molecule has 0 saturated heterocycles. The Kier molecular flexibility index (Phi) is 6.34. The third-order valence-electron chi connectivity index (χ3n) is 2.28. The fraction of sp³-hybridized carbons (Fsp3) is 0.538. The molecule has 1 aromatic carbocycles. The number of benzene rings is 1. The van der Waals surface area contributed by atoms with E-state index in [0.29, 0.717) is 25.7 Å². The largest absolute Gasteiger partial charge is 0.491 e. The fourth-order valence-electron chi connectivity index (χ4n) is 1.33. The molecule has 3 heteroatoms. The van der Waals surface area contributed by atoms with Crippen LogP contribution in [0.15, 0.2) is 24.3 Å². The van der Waals surface area contributed by atoms with Gasteiger partial charge >= 0.3 is 0 Å². The maximum atomic E-state index is 5.54. The minimum Gasteiger partial charge on any atom is -0.491 e. The van der Waals surface area contributed by atoms with Crippen LogP contribution in [0.1, 0.15) is 25.3 Å². The van der Waals surface area contributed by atoms with E-state index in [1.54, 1.807) is 0 Å². The lowest BCUT2D eigenvalue weighted by Gasteiger charge is -2.09. The van der Waals surface area contributed by atoms with Gasteiger partial charge in [0, 0.05) is 5.75 Å². The van der Waals surface area contributed by atoms with Crippen LogP contribution in [-0.4, -0.2) is 25.6 Å². The monoisotopic (exact) mass is 240 g/mol. The molecule has 0 radical (unpaired) electrons. The molecule has 0 amide bonds. The van der Waals surface area contributed by atoms with E-state index in [1.165, 1.54) is 5.56 Å². The first-order chi connectivity index (χ1) is 7.74. The summed E-state index contributed by atoms with van der Waals surface area (Å²) in [6.07, 6.45) is 0. The van der Waals surface area contributed by atoms with Crippen molar-refractivity contribution >= 4 is 12.6 Å². The lowest BCUT2D eigenvalue weighted by molar-refractivity contribution is 0.112. The van der Waals surface area contributed by atoms with Gasteiger partial charge in [0.15, 0.2) is 0 Å². The van der Waals surface area contributed by atoms with Gasteiger partial charge in [-0.1, -0.05) is 26.0 Å². The van der Waals surface area contributed by atoms with E-state index in [2.05, 4.69) is 38.6 Å². The maximum Gasteiger partial charge on any atom is 0.119 e. The van der Waals surface area contributed by atoms with Crippen LogP contribution in [0.3, 0.4) is 0 Å². The van der Waals surface area contributed by atoms with Crippen molar-refractivity contribution in [3.8, 4) is 5.75 Å². The van der Waals surface area contributed by atoms with Crippen LogP contribution in [0.2, 0.25) is 0 Å². The molecule has 0 aliphatic heterocycles. The van der Waals surface area contributed by atoms with E-state index in [0.717, 1.165) is 11.5 Å². The lowest BCUT2D eigenvalue weighted by Crippen LogP contribution is -2.08. The van der Waals surface area contributed by atoms with E-state index in [1.807, 2.05) is 12.1 Å². The molecule has 0 heterocycles. The summed E-state index contributed by atoms with van der Waals surface area (Å²) in [5.74, 6) is 2.22. The van der Waals surface area contributed by atoms with E-state index in [4.69, 9.17) is 9.47 Å². The van der Waals surface area contributed by atoms with Gasteiger partial charge in [0.2, 0.25) is 0 Å². The standard InChI is InChI=1S/C13H20O2S/c1-11(2)12-3-5-13(6-4-12)15-8-7-14-9-10-16/h3-6,11,16H,7-10H2,1-2H3. The molecule has 0 atom stereocenters. The molecular formula is C13H20O2S. The molecule has 2 nitrogen and oxygen atoms in total. The van der Waals surface area contributed by atoms with E-state index < -0.39 is 0 Å². The highest BCUT2D eigenvalue weighted by atomic mass is 32.1. The van der Waals surface area contributed by atoms with Crippen molar-refractivity contribution in [3.05, 3.63) is 29.8 Å². The number of hydrogen-bond acceptors (Lipinski definition) is 3. The van der Waals surface area contributed by atoms with Crippen molar-refractivity contribution < 1.29 is 9.47 Å². The number of thiol groups is 1. The molecule has 16 heavy (non-hydrogen) atoms. The Morgan fingerprint density at radius 2 is 1.75 bits per heavy atom. The van der Waals surface area contributed by atoms with E-state index in [9.17, 15) is 0 Å². The van der Waals surface area contributed by atoms with Crippen LogP contribution in [0.4, 0.5) is 0 Å². The molecule has 0 saturated carbocycles. The van der Waals surface area contributed by atoms with Gasteiger partial charge in [-0.3, -0.25) is 0 Å². The van der Waals surface area contributed by atoms with Crippen molar-refractivity contribution in [1.82, 2.24) is 0 Å². The zero-order valence-corrected chi connectivity index (χ0v) is 10.9. The topological polar surface area (TPSA) is 18.5 Å². The maximum absolute atomic E-state index is 5.54. The Morgan fingerprint density at radius 1 is 1.06 bits per heavy atom. The summed E-state index contributed by atoms with van der Waals surface area (Å²) in [4.78, 5) is 0. The van der Waals surface area contributed by atoms with Crippen LogP contribution in [-0.2, 0) is 4.74 Å². The van der Waals surface area contributed by atoms with Gasteiger partial charge in [-0.2, -0.15) is 12.6 Å². The lowest BCUT2D eigenvalue weighted by atomic mass is 10.0. The smallest absolute Gasteiger partial charge is 0.119 e. The van der Waals surface area contributed by atoms with Gasteiger partial charge in [0.05, 0.1) is 13.2 Å². The molecule has 0 fully saturated rings. The molecule has 1 aromatic rings. The number of rotatable bonds is 7. The molecule has 1 rings (SSSR count). The first kappa shape index (κ1) is 13.4. The highest BCUT2D eigenvalue weighted by Crippen LogP contribution is 2.18. The highest BCUT2D eigenvalue weighted by molar-refractivity contribution is 7.80. The normalized spacial score (nSPS) is 10.8. The Labute approximate surface area is 103 Å². The van der Waals surface area contributed by atoms with Gasteiger partial charge in [0.25, 0.3) is 0 Å². The first-order valence-corrected chi connectivity index (χ1v) is 6.28. The van der Waals surface area contributed by atoms with Crippen LogP contribution >= 0.6 is 12.6 Å². The predicted octanol–water partition coefficient (Wildman–Crippen LogP) is 3.14. The Morgan fingerprint density at radius 3 is 2.31 bits per heavy atom. The van der Waals surface area contributed by atoms with Gasteiger partial charge in [-0.05, 0) is 23.6 Å². The number of ether oxygens (including phenoxy) is 2. The Hall–Kier alpha value is -0.670. The molecular weight excluding hydrogens is 220 g/mol. The third kappa shape index (κ3) is 4.90. The zero-order valence-electron chi connectivity index (χ0n) is 9.98. The summed E-state index contributed by atoms with van der Waals surface area (Å²) < 4.78 is 10.8. The number of hydrogen-bond donors (Lipinski definition) is 1. The van der Waals surface area contributed by atoms with Crippen molar-refractivity contribution in [2.45, 2.75) is 19.8 Å². The van der Waals surface area contributed by atoms with Gasteiger partial charge in [-0.25, -0.2) is 0 Å². The van der Waals surface area contributed by atoms with Crippen molar-refractivity contribution in [2.24, 2.45) is 0 Å². The van der Waals surface area contributed by atoms with Crippen LogP contribution in [0.25, 0.3) is 0 Å². The zero-order chi connectivity index (χ0) is 11.8. The second kappa shape index (κ2) is 7.58. The van der Waals surface area contributed by atoms with Gasteiger partial charge < -0.3 is 9.47 Å². The SMILES string of the molecule is CC(C)c1ccc(OCCOCCS)cc1. The van der Waals surface area contributed by atoms with Crippen molar-refractivity contribution in [1.29, 1.82) is 0 Å². The molecule has 0 aliphatic rings. The van der Waals surface area contributed by atoms with Crippen LogP contribution in [0, 0.1) is 0 Å². The molecule has 0 N–H and O–H groups in total. The fourth-order valence-corrected chi connectivity index (χ4v) is 1.46. The molecule has 0 spiro atoms. The quantitative estimate of drug-likeness (QED) is 0.583. The first-order valence-electron chi connectivity index (χ1n) is 5.65. The third-order valence-corrected chi connectivity index (χ3v) is 2.46. The Balaban J connectivity index is 2.27. The molecule has 0 unspecified atom stereocenters. The summed E-state index contributed by atoms with van der Waals surface area (Å²) in [7, 11) is 0. The molecule has 90 valence electrons. The minimum absolute atomic E-state index is 0.563. The molecule has 0 aromatic heterocycles.